The average molecular weight is 387 g/mol. The standard InChI is InChI=1S/C16H24F3N7O/c1-3-20-15(26-10-8-25(9-11-26)12(2)27)23-7-6-22-14-21-5-4-13(24-14)16(17,18)19/h4-5H,3,6-11H2,1-2H3,(H,20,23)(H,21,22,24). The molecule has 2 N–H and O–H groups in total. The van der Waals surface area contributed by atoms with E-state index >= 15 is 0 Å². The van der Waals surface area contributed by atoms with Gasteiger partial charge in [0, 0.05) is 52.4 Å². The molecule has 0 saturated carbocycles. The average Bonchev–Trinajstić information content (AvgIpc) is 2.64. The smallest absolute Gasteiger partial charge is 0.357 e. The topological polar surface area (TPSA) is 85.8 Å². The van der Waals surface area contributed by atoms with E-state index in [9.17, 15) is 18.0 Å². The highest BCUT2D eigenvalue weighted by atomic mass is 19.4. The first-order chi connectivity index (χ1) is 12.8. The Morgan fingerprint density at radius 1 is 1.26 bits per heavy atom. The third-order valence-electron chi connectivity index (χ3n) is 3.96. The van der Waals surface area contributed by atoms with Crippen LogP contribution >= 0.6 is 0 Å². The first-order valence-corrected chi connectivity index (χ1v) is 8.74. The Bertz CT molecular complexity index is 658. The second-order valence-electron chi connectivity index (χ2n) is 5.92. The molecule has 2 rings (SSSR count). The maximum Gasteiger partial charge on any atom is 0.433 e. The van der Waals surface area contributed by atoms with Crippen LogP contribution in [-0.4, -0.2) is 77.4 Å². The van der Waals surface area contributed by atoms with Crippen molar-refractivity contribution in [3.63, 3.8) is 0 Å². The van der Waals surface area contributed by atoms with E-state index in [4.69, 9.17) is 0 Å². The summed E-state index contributed by atoms with van der Waals surface area (Å²) in [5.74, 6) is 0.689. The fraction of sp³-hybridized carbons (Fsp3) is 0.625. The molecule has 0 bridgehead atoms. The summed E-state index contributed by atoms with van der Waals surface area (Å²) in [7, 11) is 0. The number of carbonyl (C=O) groups is 1. The van der Waals surface area contributed by atoms with Crippen LogP contribution in [0.2, 0.25) is 0 Å². The maximum absolute atomic E-state index is 12.7. The zero-order chi connectivity index (χ0) is 19.9. The molecule has 0 radical (unpaired) electrons. The molecular formula is C16H24F3N7O. The van der Waals surface area contributed by atoms with Crippen LogP contribution in [0.25, 0.3) is 0 Å². The first-order valence-electron chi connectivity index (χ1n) is 8.74. The molecule has 1 saturated heterocycles. The van der Waals surface area contributed by atoms with Crippen molar-refractivity contribution in [1.82, 2.24) is 25.1 Å². The van der Waals surface area contributed by atoms with E-state index < -0.39 is 11.9 Å². The highest BCUT2D eigenvalue weighted by Gasteiger charge is 2.32. The van der Waals surface area contributed by atoms with Crippen molar-refractivity contribution in [3.8, 4) is 0 Å². The Labute approximate surface area is 155 Å². The van der Waals surface area contributed by atoms with Crippen molar-refractivity contribution in [2.75, 3.05) is 51.1 Å². The number of alkyl halides is 3. The van der Waals surface area contributed by atoms with Crippen molar-refractivity contribution in [1.29, 1.82) is 0 Å². The lowest BCUT2D eigenvalue weighted by Crippen LogP contribution is -2.53. The molecule has 0 aromatic carbocycles. The number of guanidine groups is 1. The normalized spacial score (nSPS) is 15.7. The van der Waals surface area contributed by atoms with E-state index in [1.807, 2.05) is 6.92 Å². The number of carbonyl (C=O) groups excluding carboxylic acids is 1. The van der Waals surface area contributed by atoms with Gasteiger partial charge < -0.3 is 20.4 Å². The Morgan fingerprint density at radius 3 is 2.52 bits per heavy atom. The number of piperazine rings is 1. The molecule has 0 spiro atoms. The summed E-state index contributed by atoms with van der Waals surface area (Å²) >= 11 is 0. The van der Waals surface area contributed by atoms with Crippen molar-refractivity contribution in [2.45, 2.75) is 20.0 Å². The second-order valence-corrected chi connectivity index (χ2v) is 5.92. The van der Waals surface area contributed by atoms with E-state index in [0.717, 1.165) is 12.3 Å². The molecule has 150 valence electrons. The van der Waals surface area contributed by atoms with Crippen LogP contribution in [-0.2, 0) is 11.0 Å². The van der Waals surface area contributed by atoms with Gasteiger partial charge in [-0.2, -0.15) is 13.2 Å². The summed E-state index contributed by atoms with van der Waals surface area (Å²) in [5, 5.41) is 5.94. The number of halogens is 3. The SMILES string of the molecule is CCNC(=NCCNc1nccc(C(F)(F)F)n1)N1CCN(C(C)=O)CC1. The van der Waals surface area contributed by atoms with Gasteiger partial charge in [-0.25, -0.2) is 9.97 Å². The summed E-state index contributed by atoms with van der Waals surface area (Å²) in [6, 6.07) is 0.827. The van der Waals surface area contributed by atoms with Gasteiger partial charge in [-0.3, -0.25) is 9.79 Å². The van der Waals surface area contributed by atoms with Crippen molar-refractivity contribution >= 4 is 17.8 Å². The highest BCUT2D eigenvalue weighted by Crippen LogP contribution is 2.27. The number of amides is 1. The Balaban J connectivity index is 1.88. The van der Waals surface area contributed by atoms with Gasteiger partial charge in [0.2, 0.25) is 11.9 Å². The quantitative estimate of drug-likeness (QED) is 0.446. The molecule has 1 aromatic heterocycles. The van der Waals surface area contributed by atoms with Gasteiger partial charge in [-0.05, 0) is 13.0 Å². The molecule has 0 atom stereocenters. The number of hydrogen-bond acceptors (Lipinski definition) is 5. The Hall–Kier alpha value is -2.59. The van der Waals surface area contributed by atoms with Gasteiger partial charge in [-0.1, -0.05) is 0 Å². The monoisotopic (exact) mass is 387 g/mol. The van der Waals surface area contributed by atoms with Crippen molar-refractivity contribution in [2.24, 2.45) is 4.99 Å². The molecule has 1 fully saturated rings. The molecule has 0 aliphatic carbocycles. The third kappa shape index (κ3) is 6.26. The van der Waals surface area contributed by atoms with Crippen LogP contribution in [0.1, 0.15) is 19.5 Å². The van der Waals surface area contributed by atoms with Crippen molar-refractivity contribution in [3.05, 3.63) is 18.0 Å². The number of anilines is 1. The van der Waals surface area contributed by atoms with Gasteiger partial charge >= 0.3 is 6.18 Å². The van der Waals surface area contributed by atoms with Gasteiger partial charge in [-0.15, -0.1) is 0 Å². The molecule has 1 amide bonds. The number of nitrogens with zero attached hydrogens (tertiary/aromatic N) is 5. The molecule has 1 aliphatic rings. The molecule has 2 heterocycles. The molecule has 27 heavy (non-hydrogen) atoms. The highest BCUT2D eigenvalue weighted by molar-refractivity contribution is 5.80. The lowest BCUT2D eigenvalue weighted by atomic mass is 10.3. The second kappa shape index (κ2) is 9.38. The van der Waals surface area contributed by atoms with Crippen LogP contribution in [0.4, 0.5) is 19.1 Å². The van der Waals surface area contributed by atoms with Crippen LogP contribution < -0.4 is 10.6 Å². The molecule has 1 aromatic rings. The molecule has 8 nitrogen and oxygen atoms in total. The maximum atomic E-state index is 12.7. The predicted molar refractivity (Wildman–Crippen MR) is 95.3 cm³/mol. The summed E-state index contributed by atoms with van der Waals surface area (Å²) in [6.07, 6.45) is -3.43. The van der Waals surface area contributed by atoms with E-state index in [1.54, 1.807) is 11.8 Å². The molecule has 11 heteroatoms. The fourth-order valence-corrected chi connectivity index (χ4v) is 2.59. The first kappa shape index (κ1) is 20.7. The van der Waals surface area contributed by atoms with Crippen LogP contribution in [0.3, 0.4) is 0 Å². The number of hydrogen-bond donors (Lipinski definition) is 2. The number of aromatic nitrogens is 2. The number of aliphatic imine (C=N–C) groups is 1. The van der Waals surface area contributed by atoms with E-state index in [2.05, 4.69) is 30.5 Å². The van der Waals surface area contributed by atoms with Crippen LogP contribution in [0.5, 0.6) is 0 Å². The minimum atomic E-state index is -4.50. The zero-order valence-electron chi connectivity index (χ0n) is 15.4. The van der Waals surface area contributed by atoms with Gasteiger partial charge in [0.25, 0.3) is 0 Å². The third-order valence-corrected chi connectivity index (χ3v) is 3.96. The van der Waals surface area contributed by atoms with Gasteiger partial charge in [0.1, 0.15) is 5.69 Å². The van der Waals surface area contributed by atoms with E-state index in [0.29, 0.717) is 51.8 Å². The predicted octanol–water partition coefficient (Wildman–Crippen LogP) is 1.04. The number of nitrogens with one attached hydrogen (secondary N) is 2. The van der Waals surface area contributed by atoms with Gasteiger partial charge in [0.05, 0.1) is 6.54 Å². The van der Waals surface area contributed by atoms with Gasteiger partial charge in [0.15, 0.2) is 5.96 Å². The lowest BCUT2D eigenvalue weighted by molar-refractivity contribution is -0.141. The summed E-state index contributed by atoms with van der Waals surface area (Å²) in [5.41, 5.74) is -0.986. The Kier molecular flexibility index (Phi) is 7.19. The minimum absolute atomic E-state index is 0.0573. The fourth-order valence-electron chi connectivity index (χ4n) is 2.59. The van der Waals surface area contributed by atoms with E-state index in [-0.39, 0.29) is 11.9 Å². The summed E-state index contributed by atoms with van der Waals surface area (Å²) in [4.78, 5) is 27.0. The summed E-state index contributed by atoms with van der Waals surface area (Å²) in [6.45, 7) is 7.46. The molecule has 0 unspecified atom stereocenters. The minimum Gasteiger partial charge on any atom is -0.357 e. The largest absolute Gasteiger partial charge is 0.433 e. The van der Waals surface area contributed by atoms with Crippen LogP contribution in [0.15, 0.2) is 17.3 Å². The van der Waals surface area contributed by atoms with Crippen LogP contribution in [0, 0.1) is 0 Å². The summed E-state index contributed by atoms with van der Waals surface area (Å²) < 4.78 is 38.0. The zero-order valence-corrected chi connectivity index (χ0v) is 15.4. The molecule has 1 aliphatic heterocycles. The lowest BCUT2D eigenvalue weighted by Gasteiger charge is -2.36. The van der Waals surface area contributed by atoms with Crippen molar-refractivity contribution < 1.29 is 18.0 Å². The van der Waals surface area contributed by atoms with E-state index in [1.165, 1.54) is 0 Å². The number of rotatable bonds is 5. The Morgan fingerprint density at radius 2 is 1.93 bits per heavy atom. The molecular weight excluding hydrogens is 363 g/mol.